The first kappa shape index (κ1) is 14.5. The molecule has 1 nitrogen and oxygen atoms in total. The summed E-state index contributed by atoms with van der Waals surface area (Å²) >= 11 is 0. The van der Waals surface area contributed by atoms with Gasteiger partial charge in [0, 0.05) is 37.8 Å². The van der Waals surface area contributed by atoms with Gasteiger partial charge in [-0.15, -0.1) is 12.1 Å². The first-order valence-electron chi connectivity index (χ1n) is 3.34. The van der Waals surface area contributed by atoms with Crippen LogP contribution >= 0.6 is 0 Å². The number of benzene rings is 1. The third-order valence-electron chi connectivity index (χ3n) is 1.31. The molecule has 0 saturated carbocycles. The van der Waals surface area contributed by atoms with Gasteiger partial charge in [-0.3, -0.25) is 0 Å². The summed E-state index contributed by atoms with van der Waals surface area (Å²) in [6.45, 7) is 3.86. The molecule has 0 fully saturated rings. The van der Waals surface area contributed by atoms with E-state index in [0.717, 1.165) is 18.7 Å². The average molecular weight is 271 g/mol. The molecule has 3 radical (unpaired) electrons. The van der Waals surface area contributed by atoms with Crippen molar-refractivity contribution in [1.29, 1.82) is 0 Å². The number of aliphatic hydroxyl groups excluding tert-OH is 1. The molecule has 1 aromatic rings. The Morgan fingerprint density at radius 1 is 1.33 bits per heavy atom. The Morgan fingerprint density at radius 3 is 2.17 bits per heavy atom. The maximum absolute atomic E-state index is 7.00. The van der Waals surface area contributed by atoms with E-state index in [9.17, 15) is 0 Å². The molecule has 0 bridgehead atoms. The zero-order valence-electron chi connectivity index (χ0n) is 6.99. The molecule has 69 valence electrons. The van der Waals surface area contributed by atoms with Crippen molar-refractivity contribution >= 4 is 10.2 Å². The fourth-order valence-corrected chi connectivity index (χ4v) is 1.07. The molecular weight excluding hydrogens is 259 g/mol. The van der Waals surface area contributed by atoms with Crippen LogP contribution in [0.5, 0.6) is 0 Å². The molecule has 0 aromatic heterocycles. The van der Waals surface area contributed by atoms with Crippen LogP contribution in [0.3, 0.4) is 0 Å². The Morgan fingerprint density at radius 2 is 1.83 bits per heavy atom. The van der Waals surface area contributed by atoms with Gasteiger partial charge in [0.1, 0.15) is 0 Å². The fourth-order valence-electron chi connectivity index (χ4n) is 0.730. The van der Waals surface area contributed by atoms with Crippen molar-refractivity contribution in [2.24, 2.45) is 0 Å². The maximum atomic E-state index is 7.00. The van der Waals surface area contributed by atoms with Gasteiger partial charge in [0.05, 0.1) is 0 Å². The van der Waals surface area contributed by atoms with Crippen molar-refractivity contribution in [2.45, 2.75) is 6.04 Å². The first-order valence-corrected chi connectivity index (χ1v) is 4.04. The summed E-state index contributed by atoms with van der Waals surface area (Å²) in [6.07, 6.45) is 0. The second-order valence-corrected chi connectivity index (χ2v) is 2.30. The molecule has 0 unspecified atom stereocenters. The van der Waals surface area contributed by atoms with Crippen LogP contribution in [0, 0.1) is 6.92 Å². The van der Waals surface area contributed by atoms with Crippen LogP contribution in [0.4, 0.5) is 0 Å². The molecule has 3 heteroatoms. The van der Waals surface area contributed by atoms with Crippen LogP contribution in [-0.2, 0) is 26.5 Å². The van der Waals surface area contributed by atoms with Crippen molar-refractivity contribution in [3.63, 3.8) is 0 Å². The quantitative estimate of drug-likeness (QED) is 0.599. The number of hydrogen-bond donors (Lipinski definition) is 1. The summed E-state index contributed by atoms with van der Waals surface area (Å²) in [5.41, 5.74) is 2.36. The summed E-state index contributed by atoms with van der Waals surface area (Å²) in [7, 11) is 4.41. The third-order valence-corrected chi connectivity index (χ3v) is 1.69. The molecule has 12 heavy (non-hydrogen) atoms. The molecule has 0 spiro atoms. The van der Waals surface area contributed by atoms with Gasteiger partial charge in [0.15, 0.2) is 0 Å². The zero-order valence-corrected chi connectivity index (χ0v) is 9.54. The second kappa shape index (κ2) is 9.02. The normalized spacial score (nSPS) is 7.58. The molecular formula is C9H12OPdSi-. The van der Waals surface area contributed by atoms with Gasteiger partial charge in [-0.1, -0.05) is 12.1 Å². The van der Waals surface area contributed by atoms with Gasteiger partial charge in [-0.25, -0.2) is 0 Å². The van der Waals surface area contributed by atoms with Gasteiger partial charge in [0.25, 0.3) is 0 Å². The van der Waals surface area contributed by atoms with E-state index >= 15 is 0 Å². The Kier molecular flexibility index (Phi) is 10.9. The van der Waals surface area contributed by atoms with Crippen LogP contribution in [-0.4, -0.2) is 22.5 Å². The molecule has 0 amide bonds. The smallest absolute Gasteiger partial charge is 0.0319 e. The van der Waals surface area contributed by atoms with E-state index in [1.165, 1.54) is 5.56 Å². The monoisotopic (exact) mass is 270 g/mol. The minimum absolute atomic E-state index is 0. The van der Waals surface area contributed by atoms with E-state index < -0.39 is 0 Å². The number of aliphatic hydroxyl groups is 1. The standard InChI is InChI=1S/C8H8Si.CH4O.Pd/c1-7-4-2-3-5-8(7)6-9;1-2;/h2-5H,1,6H2;2H,1H3;/q-1;;. The van der Waals surface area contributed by atoms with Crippen molar-refractivity contribution in [3.05, 3.63) is 42.3 Å². The predicted molar refractivity (Wildman–Crippen MR) is 48.5 cm³/mol. The molecule has 1 N–H and O–H groups in total. The minimum Gasteiger partial charge on any atom is -0.400 e. The first-order chi connectivity index (χ1) is 5.34. The molecule has 1 rings (SSSR count). The minimum atomic E-state index is 0. The molecule has 0 heterocycles. The summed E-state index contributed by atoms with van der Waals surface area (Å²) < 4.78 is 0. The molecule has 0 saturated heterocycles. The summed E-state index contributed by atoms with van der Waals surface area (Å²) in [6, 6.07) is 8.97. The molecule has 0 aliphatic heterocycles. The van der Waals surface area contributed by atoms with E-state index in [1.807, 2.05) is 18.2 Å². The predicted octanol–water partition coefficient (Wildman–Crippen LogP) is 1.14. The largest absolute Gasteiger partial charge is 0.400 e. The molecule has 0 aliphatic rings. The average Bonchev–Trinajstić information content (AvgIpc) is 2.09. The van der Waals surface area contributed by atoms with Gasteiger partial charge in [-0.2, -0.15) is 24.1 Å². The second-order valence-electron chi connectivity index (χ2n) is 1.95. The van der Waals surface area contributed by atoms with E-state index in [-0.39, 0.29) is 20.4 Å². The van der Waals surface area contributed by atoms with E-state index in [1.54, 1.807) is 0 Å². The van der Waals surface area contributed by atoms with Crippen molar-refractivity contribution in [1.82, 2.24) is 0 Å². The molecule has 0 aliphatic carbocycles. The maximum Gasteiger partial charge on any atom is 0.0319 e. The summed E-state index contributed by atoms with van der Waals surface area (Å²) in [5, 5.41) is 7.00. The van der Waals surface area contributed by atoms with Gasteiger partial charge >= 0.3 is 0 Å². The summed E-state index contributed by atoms with van der Waals surface area (Å²) in [4.78, 5) is 0. The number of hydrogen-bond acceptors (Lipinski definition) is 1. The van der Waals surface area contributed by atoms with E-state index in [2.05, 4.69) is 23.2 Å². The SMILES string of the molecule is CO.[CH2-]c1ccccc1C[Si].[Pd]. The summed E-state index contributed by atoms with van der Waals surface area (Å²) in [5.74, 6) is 0. The van der Waals surface area contributed by atoms with Crippen LogP contribution in [0.2, 0.25) is 0 Å². The fraction of sp³-hybridized carbons (Fsp3) is 0.222. The Labute approximate surface area is 91.3 Å². The van der Waals surface area contributed by atoms with Crippen LogP contribution in [0.15, 0.2) is 24.3 Å². The van der Waals surface area contributed by atoms with Gasteiger partial charge < -0.3 is 5.11 Å². The Hall–Kier alpha value is -0.0708. The molecule has 0 atom stereocenters. The molecule has 1 aromatic carbocycles. The van der Waals surface area contributed by atoms with Gasteiger partial charge in [-0.05, 0) is 0 Å². The Balaban J connectivity index is 0. The van der Waals surface area contributed by atoms with Crippen LogP contribution in [0.1, 0.15) is 11.1 Å². The Bertz CT molecular complexity index is 203. The third kappa shape index (κ3) is 4.74. The van der Waals surface area contributed by atoms with Gasteiger partial charge in [0.2, 0.25) is 0 Å². The van der Waals surface area contributed by atoms with Crippen molar-refractivity contribution < 1.29 is 25.5 Å². The van der Waals surface area contributed by atoms with E-state index in [0.29, 0.717) is 0 Å². The zero-order chi connectivity index (χ0) is 8.69. The van der Waals surface area contributed by atoms with Crippen molar-refractivity contribution in [3.8, 4) is 0 Å². The van der Waals surface area contributed by atoms with E-state index in [4.69, 9.17) is 5.11 Å². The van der Waals surface area contributed by atoms with Crippen LogP contribution in [0.25, 0.3) is 0 Å². The topological polar surface area (TPSA) is 20.2 Å². The number of rotatable bonds is 1. The van der Waals surface area contributed by atoms with Crippen molar-refractivity contribution in [2.75, 3.05) is 7.11 Å². The van der Waals surface area contributed by atoms with Crippen LogP contribution < -0.4 is 0 Å².